The fourth-order valence-corrected chi connectivity index (χ4v) is 2.53. The minimum Gasteiger partial charge on any atom is -0.478 e. The SMILES string of the molecule is CCN(CC)CCCCc1[nH]c(C(=O)O)c(C)c1C(=O)O. The molecule has 6 nitrogen and oxygen atoms in total. The number of hydrogen-bond acceptors (Lipinski definition) is 3. The highest BCUT2D eigenvalue weighted by Crippen LogP contribution is 2.20. The van der Waals surface area contributed by atoms with E-state index in [9.17, 15) is 14.7 Å². The monoisotopic (exact) mass is 296 g/mol. The van der Waals surface area contributed by atoms with Gasteiger partial charge in [0.15, 0.2) is 0 Å². The lowest BCUT2D eigenvalue weighted by atomic mass is 10.1. The molecule has 0 radical (unpaired) electrons. The minimum atomic E-state index is -1.12. The van der Waals surface area contributed by atoms with Gasteiger partial charge < -0.3 is 20.1 Å². The summed E-state index contributed by atoms with van der Waals surface area (Å²) in [4.78, 5) is 27.4. The van der Waals surface area contributed by atoms with Crippen LogP contribution in [0.4, 0.5) is 0 Å². The maximum absolute atomic E-state index is 11.3. The van der Waals surface area contributed by atoms with Gasteiger partial charge in [0.1, 0.15) is 5.69 Å². The van der Waals surface area contributed by atoms with Crippen molar-refractivity contribution in [2.75, 3.05) is 19.6 Å². The number of carboxylic acid groups (broad SMARTS) is 2. The third kappa shape index (κ3) is 4.32. The van der Waals surface area contributed by atoms with E-state index < -0.39 is 11.9 Å². The summed E-state index contributed by atoms with van der Waals surface area (Å²) in [6.45, 7) is 8.73. The second kappa shape index (κ2) is 7.83. The van der Waals surface area contributed by atoms with Crippen molar-refractivity contribution in [2.24, 2.45) is 0 Å². The van der Waals surface area contributed by atoms with Crippen molar-refractivity contribution in [3.63, 3.8) is 0 Å². The molecule has 3 N–H and O–H groups in total. The fourth-order valence-electron chi connectivity index (χ4n) is 2.53. The molecule has 0 aliphatic carbocycles. The van der Waals surface area contributed by atoms with Gasteiger partial charge in [-0.15, -0.1) is 0 Å². The highest BCUT2D eigenvalue weighted by molar-refractivity contribution is 5.97. The first-order chi connectivity index (χ1) is 9.92. The van der Waals surface area contributed by atoms with Crippen molar-refractivity contribution in [3.8, 4) is 0 Å². The molecule has 0 atom stereocenters. The number of rotatable bonds is 9. The zero-order valence-electron chi connectivity index (χ0n) is 12.9. The third-order valence-electron chi connectivity index (χ3n) is 3.80. The maximum atomic E-state index is 11.3. The Kier molecular flexibility index (Phi) is 6.42. The van der Waals surface area contributed by atoms with Crippen LogP contribution in [0.2, 0.25) is 0 Å². The zero-order valence-corrected chi connectivity index (χ0v) is 12.9. The number of nitrogens with zero attached hydrogens (tertiary/aromatic N) is 1. The molecule has 0 spiro atoms. The Morgan fingerprint density at radius 1 is 1.10 bits per heavy atom. The van der Waals surface area contributed by atoms with Crippen LogP contribution in [0.5, 0.6) is 0 Å². The maximum Gasteiger partial charge on any atom is 0.352 e. The first-order valence-corrected chi connectivity index (χ1v) is 7.32. The topological polar surface area (TPSA) is 93.6 Å². The Balaban J connectivity index is 2.72. The van der Waals surface area contributed by atoms with Gasteiger partial charge in [0.2, 0.25) is 0 Å². The number of unbranched alkanes of at least 4 members (excludes halogenated alkanes) is 1. The molecule has 21 heavy (non-hydrogen) atoms. The Morgan fingerprint density at radius 2 is 1.71 bits per heavy atom. The third-order valence-corrected chi connectivity index (χ3v) is 3.80. The van der Waals surface area contributed by atoms with Crippen LogP contribution in [0, 0.1) is 6.92 Å². The van der Waals surface area contributed by atoms with E-state index in [2.05, 4.69) is 23.7 Å². The molecular weight excluding hydrogens is 272 g/mol. The van der Waals surface area contributed by atoms with Crippen LogP contribution in [-0.2, 0) is 6.42 Å². The molecular formula is C15H24N2O4. The smallest absolute Gasteiger partial charge is 0.352 e. The van der Waals surface area contributed by atoms with E-state index in [1.807, 2.05) is 0 Å². The van der Waals surface area contributed by atoms with Crippen LogP contribution < -0.4 is 0 Å². The quantitative estimate of drug-likeness (QED) is 0.608. The van der Waals surface area contributed by atoms with Crippen molar-refractivity contribution >= 4 is 11.9 Å². The molecule has 0 fully saturated rings. The molecule has 0 aliphatic rings. The molecule has 1 heterocycles. The lowest BCUT2D eigenvalue weighted by Gasteiger charge is -2.17. The molecule has 0 amide bonds. The van der Waals surface area contributed by atoms with Gasteiger partial charge in [0.25, 0.3) is 0 Å². The molecule has 0 bridgehead atoms. The van der Waals surface area contributed by atoms with Gasteiger partial charge in [-0.1, -0.05) is 13.8 Å². The minimum absolute atomic E-state index is 0.0221. The molecule has 1 aromatic heterocycles. The Hall–Kier alpha value is -1.82. The van der Waals surface area contributed by atoms with Gasteiger partial charge in [-0.2, -0.15) is 0 Å². The van der Waals surface area contributed by atoms with Crippen LogP contribution in [-0.4, -0.2) is 51.7 Å². The molecule has 0 saturated heterocycles. The van der Waals surface area contributed by atoms with E-state index in [0.717, 1.165) is 32.5 Å². The molecule has 1 rings (SSSR count). The largest absolute Gasteiger partial charge is 0.478 e. The summed E-state index contributed by atoms with van der Waals surface area (Å²) in [6.07, 6.45) is 2.34. The Bertz CT molecular complexity index is 504. The first-order valence-electron chi connectivity index (χ1n) is 7.32. The summed E-state index contributed by atoms with van der Waals surface area (Å²) in [5, 5.41) is 18.3. The lowest BCUT2D eigenvalue weighted by Crippen LogP contribution is -2.24. The van der Waals surface area contributed by atoms with E-state index in [1.54, 1.807) is 0 Å². The van der Waals surface area contributed by atoms with Crippen LogP contribution in [0.25, 0.3) is 0 Å². The summed E-state index contributed by atoms with van der Waals surface area (Å²) in [5.74, 6) is -2.20. The summed E-state index contributed by atoms with van der Waals surface area (Å²) < 4.78 is 0. The summed E-state index contributed by atoms with van der Waals surface area (Å²) >= 11 is 0. The Morgan fingerprint density at radius 3 is 2.19 bits per heavy atom. The predicted molar refractivity (Wildman–Crippen MR) is 80.2 cm³/mol. The van der Waals surface area contributed by atoms with Gasteiger partial charge in [-0.05, 0) is 51.4 Å². The number of aromatic amines is 1. The number of aryl methyl sites for hydroxylation is 1. The number of nitrogens with one attached hydrogen (secondary N) is 1. The molecule has 0 saturated carbocycles. The average molecular weight is 296 g/mol. The molecule has 1 aromatic rings. The second-order valence-corrected chi connectivity index (χ2v) is 5.07. The van der Waals surface area contributed by atoms with E-state index in [-0.39, 0.29) is 11.3 Å². The second-order valence-electron chi connectivity index (χ2n) is 5.07. The summed E-state index contributed by atoms with van der Waals surface area (Å²) in [5.41, 5.74) is 0.895. The number of aromatic carboxylic acids is 2. The summed E-state index contributed by atoms with van der Waals surface area (Å²) in [6, 6.07) is 0. The number of carbonyl (C=O) groups is 2. The average Bonchev–Trinajstić information content (AvgIpc) is 2.76. The predicted octanol–water partition coefficient (Wildman–Crippen LogP) is 2.38. The van der Waals surface area contributed by atoms with E-state index in [4.69, 9.17) is 5.11 Å². The molecule has 0 aromatic carbocycles. The highest BCUT2D eigenvalue weighted by Gasteiger charge is 2.22. The van der Waals surface area contributed by atoms with Crippen molar-refractivity contribution in [1.29, 1.82) is 0 Å². The van der Waals surface area contributed by atoms with E-state index in [0.29, 0.717) is 17.7 Å². The van der Waals surface area contributed by atoms with Gasteiger partial charge in [0, 0.05) is 5.69 Å². The van der Waals surface area contributed by atoms with Crippen molar-refractivity contribution in [2.45, 2.75) is 40.0 Å². The molecule has 118 valence electrons. The Labute approximate surface area is 124 Å². The molecule has 6 heteroatoms. The van der Waals surface area contributed by atoms with Crippen molar-refractivity contribution in [1.82, 2.24) is 9.88 Å². The standard InChI is InChI=1S/C15H24N2O4/c1-4-17(5-2)9-7-6-8-11-12(14(18)19)10(3)13(16-11)15(20)21/h16H,4-9H2,1-3H3,(H,18,19)(H,20,21). The van der Waals surface area contributed by atoms with Crippen LogP contribution in [0.15, 0.2) is 0 Å². The van der Waals surface area contributed by atoms with Crippen LogP contribution in [0.1, 0.15) is 58.8 Å². The van der Waals surface area contributed by atoms with Gasteiger partial charge in [0.05, 0.1) is 5.56 Å². The first kappa shape index (κ1) is 17.2. The van der Waals surface area contributed by atoms with E-state index >= 15 is 0 Å². The number of hydrogen-bond donors (Lipinski definition) is 3. The van der Waals surface area contributed by atoms with Gasteiger partial charge in [-0.3, -0.25) is 0 Å². The van der Waals surface area contributed by atoms with Crippen LogP contribution in [0.3, 0.4) is 0 Å². The van der Waals surface area contributed by atoms with Crippen LogP contribution >= 0.6 is 0 Å². The van der Waals surface area contributed by atoms with Crippen molar-refractivity contribution < 1.29 is 19.8 Å². The normalized spacial score (nSPS) is 11.0. The van der Waals surface area contributed by atoms with E-state index in [1.165, 1.54) is 6.92 Å². The number of H-pyrrole nitrogens is 1. The fraction of sp³-hybridized carbons (Fsp3) is 0.600. The summed E-state index contributed by atoms with van der Waals surface area (Å²) in [7, 11) is 0. The molecule has 0 aliphatic heterocycles. The lowest BCUT2D eigenvalue weighted by molar-refractivity contribution is 0.0687. The number of carboxylic acids is 2. The highest BCUT2D eigenvalue weighted by atomic mass is 16.4. The molecule has 0 unspecified atom stereocenters. The van der Waals surface area contributed by atoms with Crippen molar-refractivity contribution in [3.05, 3.63) is 22.5 Å². The van der Waals surface area contributed by atoms with Gasteiger partial charge >= 0.3 is 11.9 Å². The van der Waals surface area contributed by atoms with Gasteiger partial charge in [-0.25, -0.2) is 9.59 Å². The zero-order chi connectivity index (χ0) is 16.0. The number of aromatic nitrogens is 1.